The van der Waals surface area contributed by atoms with E-state index < -0.39 is 0 Å². The highest BCUT2D eigenvalue weighted by Crippen LogP contribution is 2.19. The third-order valence-electron chi connectivity index (χ3n) is 4.52. The number of piperidine rings is 1. The van der Waals surface area contributed by atoms with Gasteiger partial charge in [-0.2, -0.15) is 0 Å². The molecule has 1 aliphatic rings. The van der Waals surface area contributed by atoms with Gasteiger partial charge in [-0.15, -0.1) is 0 Å². The number of hydrogen-bond donors (Lipinski definition) is 1. The summed E-state index contributed by atoms with van der Waals surface area (Å²) in [5, 5.41) is 5.18. The lowest BCUT2D eigenvalue weighted by atomic mass is 10.0. The number of rotatable bonds is 3. The lowest BCUT2D eigenvalue weighted by molar-refractivity contribution is -0.131. The van der Waals surface area contributed by atoms with Gasteiger partial charge in [0.15, 0.2) is 0 Å². The van der Waals surface area contributed by atoms with Gasteiger partial charge in [-0.1, -0.05) is 43.3 Å². The maximum absolute atomic E-state index is 12.6. The van der Waals surface area contributed by atoms with Crippen molar-refractivity contribution < 1.29 is 9.59 Å². The first-order chi connectivity index (χ1) is 11.2. The fraction of sp³-hybridized carbons (Fsp3) is 0.368. The molecule has 0 bridgehead atoms. The van der Waals surface area contributed by atoms with E-state index in [0.717, 1.165) is 42.3 Å². The normalized spacial score (nSPS) is 15.6. The van der Waals surface area contributed by atoms with E-state index in [1.807, 2.05) is 54.3 Å². The van der Waals surface area contributed by atoms with Gasteiger partial charge in [0, 0.05) is 31.1 Å². The van der Waals surface area contributed by atoms with Crippen LogP contribution in [0.4, 0.5) is 0 Å². The molecule has 4 nitrogen and oxygen atoms in total. The smallest absolute Gasteiger partial charge is 0.252 e. The van der Waals surface area contributed by atoms with Gasteiger partial charge >= 0.3 is 0 Å². The maximum atomic E-state index is 12.6. The van der Waals surface area contributed by atoms with Crippen LogP contribution in [0.2, 0.25) is 0 Å². The molecule has 1 N–H and O–H groups in total. The molecule has 0 atom stereocenters. The summed E-state index contributed by atoms with van der Waals surface area (Å²) >= 11 is 0. The Morgan fingerprint density at radius 1 is 1.09 bits per heavy atom. The molecule has 4 heteroatoms. The summed E-state index contributed by atoms with van der Waals surface area (Å²) in [4.78, 5) is 26.2. The van der Waals surface area contributed by atoms with Crippen molar-refractivity contribution in [2.45, 2.75) is 32.2 Å². The number of hydrogen-bond acceptors (Lipinski definition) is 2. The zero-order chi connectivity index (χ0) is 16.2. The van der Waals surface area contributed by atoms with Crippen LogP contribution in [-0.4, -0.2) is 35.8 Å². The highest BCUT2D eigenvalue weighted by Gasteiger charge is 2.23. The number of amides is 2. The Hall–Kier alpha value is -2.36. The van der Waals surface area contributed by atoms with Gasteiger partial charge < -0.3 is 10.2 Å². The zero-order valence-electron chi connectivity index (χ0n) is 13.4. The van der Waals surface area contributed by atoms with Crippen molar-refractivity contribution in [3.05, 3.63) is 48.0 Å². The van der Waals surface area contributed by atoms with Crippen LogP contribution < -0.4 is 5.32 Å². The largest absolute Gasteiger partial charge is 0.349 e. The number of carbonyl (C=O) groups is 2. The Morgan fingerprint density at radius 3 is 2.52 bits per heavy atom. The quantitative estimate of drug-likeness (QED) is 0.947. The summed E-state index contributed by atoms with van der Waals surface area (Å²) in [6.07, 6.45) is 2.19. The molecule has 0 aliphatic carbocycles. The van der Waals surface area contributed by atoms with Gasteiger partial charge in [0.2, 0.25) is 5.91 Å². The third-order valence-corrected chi connectivity index (χ3v) is 4.52. The summed E-state index contributed by atoms with van der Waals surface area (Å²) in [7, 11) is 0. The number of carbonyl (C=O) groups excluding carboxylic acids is 2. The van der Waals surface area contributed by atoms with E-state index in [-0.39, 0.29) is 17.9 Å². The minimum Gasteiger partial charge on any atom is -0.349 e. The summed E-state index contributed by atoms with van der Waals surface area (Å²) < 4.78 is 0. The van der Waals surface area contributed by atoms with Crippen molar-refractivity contribution in [1.29, 1.82) is 0 Å². The Bertz CT molecular complexity index is 713. The van der Waals surface area contributed by atoms with Gasteiger partial charge in [-0.05, 0) is 29.7 Å². The lowest BCUT2D eigenvalue weighted by Gasteiger charge is -2.32. The van der Waals surface area contributed by atoms with Gasteiger partial charge in [0.05, 0.1) is 0 Å². The number of fused-ring (bicyclic) bond motifs is 1. The van der Waals surface area contributed by atoms with Crippen LogP contribution in [0.5, 0.6) is 0 Å². The molecule has 2 aromatic rings. The van der Waals surface area contributed by atoms with Gasteiger partial charge in [-0.3, -0.25) is 9.59 Å². The fourth-order valence-corrected chi connectivity index (χ4v) is 3.18. The van der Waals surface area contributed by atoms with E-state index >= 15 is 0 Å². The third kappa shape index (κ3) is 3.36. The Labute approximate surface area is 136 Å². The predicted octanol–water partition coefficient (Wildman–Crippen LogP) is 2.97. The first-order valence-electron chi connectivity index (χ1n) is 8.25. The molecule has 0 saturated carbocycles. The molecule has 0 aromatic heterocycles. The first kappa shape index (κ1) is 15.5. The van der Waals surface area contributed by atoms with Crippen LogP contribution in [-0.2, 0) is 4.79 Å². The highest BCUT2D eigenvalue weighted by molar-refractivity contribution is 6.07. The zero-order valence-corrected chi connectivity index (χ0v) is 13.4. The minimum absolute atomic E-state index is 0.0259. The lowest BCUT2D eigenvalue weighted by Crippen LogP contribution is -2.46. The molecule has 23 heavy (non-hydrogen) atoms. The molecule has 2 amide bonds. The molecular formula is C19H22N2O2. The van der Waals surface area contributed by atoms with Crippen LogP contribution in [0.15, 0.2) is 42.5 Å². The molecule has 2 aromatic carbocycles. The van der Waals surface area contributed by atoms with E-state index in [4.69, 9.17) is 0 Å². The second-order valence-corrected chi connectivity index (χ2v) is 6.01. The van der Waals surface area contributed by atoms with E-state index in [9.17, 15) is 9.59 Å². The van der Waals surface area contributed by atoms with Crippen molar-refractivity contribution >= 4 is 22.6 Å². The van der Waals surface area contributed by atoms with Gasteiger partial charge in [0.1, 0.15) is 0 Å². The molecule has 0 radical (unpaired) electrons. The standard InChI is InChI=1S/C19H22N2O2/c1-2-18(22)21-12-10-15(11-13-21)20-19(23)17-9-5-7-14-6-3-4-8-16(14)17/h3-9,15H,2,10-13H2,1H3,(H,20,23). The van der Waals surface area contributed by atoms with Crippen LogP contribution in [0.1, 0.15) is 36.5 Å². The van der Waals surface area contributed by atoms with Crippen molar-refractivity contribution in [2.24, 2.45) is 0 Å². The van der Waals surface area contributed by atoms with Crippen molar-refractivity contribution in [2.75, 3.05) is 13.1 Å². The minimum atomic E-state index is -0.0259. The summed E-state index contributed by atoms with van der Waals surface area (Å²) in [6, 6.07) is 13.9. The predicted molar refractivity (Wildman–Crippen MR) is 91.3 cm³/mol. The Kier molecular flexibility index (Phi) is 4.60. The molecule has 3 rings (SSSR count). The summed E-state index contributed by atoms with van der Waals surface area (Å²) in [5.74, 6) is 0.172. The van der Waals surface area contributed by atoms with E-state index in [1.54, 1.807) is 0 Å². The number of likely N-dealkylation sites (tertiary alicyclic amines) is 1. The Balaban J connectivity index is 1.67. The number of nitrogens with zero attached hydrogens (tertiary/aromatic N) is 1. The molecular weight excluding hydrogens is 288 g/mol. The van der Waals surface area contributed by atoms with Crippen molar-refractivity contribution in [3.8, 4) is 0 Å². The molecule has 0 spiro atoms. The summed E-state index contributed by atoms with van der Waals surface area (Å²) in [6.45, 7) is 3.34. The van der Waals surface area contributed by atoms with E-state index in [2.05, 4.69) is 5.32 Å². The number of nitrogens with one attached hydrogen (secondary N) is 1. The van der Waals surface area contributed by atoms with Crippen LogP contribution in [0.3, 0.4) is 0 Å². The van der Waals surface area contributed by atoms with E-state index in [1.165, 1.54) is 0 Å². The average Bonchev–Trinajstić information content (AvgIpc) is 2.61. The van der Waals surface area contributed by atoms with Crippen LogP contribution >= 0.6 is 0 Å². The second kappa shape index (κ2) is 6.82. The molecule has 1 fully saturated rings. The molecule has 1 aliphatic heterocycles. The fourth-order valence-electron chi connectivity index (χ4n) is 3.18. The first-order valence-corrected chi connectivity index (χ1v) is 8.25. The monoisotopic (exact) mass is 310 g/mol. The van der Waals surface area contributed by atoms with Crippen LogP contribution in [0.25, 0.3) is 10.8 Å². The van der Waals surface area contributed by atoms with Gasteiger partial charge in [0.25, 0.3) is 5.91 Å². The number of benzene rings is 2. The molecule has 0 unspecified atom stereocenters. The molecule has 1 heterocycles. The summed E-state index contributed by atoms with van der Waals surface area (Å²) in [5.41, 5.74) is 0.718. The van der Waals surface area contributed by atoms with Crippen molar-refractivity contribution in [1.82, 2.24) is 10.2 Å². The van der Waals surface area contributed by atoms with Crippen molar-refractivity contribution in [3.63, 3.8) is 0 Å². The van der Waals surface area contributed by atoms with E-state index in [0.29, 0.717) is 6.42 Å². The molecule has 1 saturated heterocycles. The second-order valence-electron chi connectivity index (χ2n) is 6.01. The highest BCUT2D eigenvalue weighted by atomic mass is 16.2. The molecule has 120 valence electrons. The van der Waals surface area contributed by atoms with Crippen LogP contribution in [0, 0.1) is 0 Å². The van der Waals surface area contributed by atoms with Gasteiger partial charge in [-0.25, -0.2) is 0 Å². The maximum Gasteiger partial charge on any atom is 0.252 e. The average molecular weight is 310 g/mol. The SMILES string of the molecule is CCC(=O)N1CCC(NC(=O)c2cccc3ccccc23)CC1. The topological polar surface area (TPSA) is 49.4 Å². The Morgan fingerprint density at radius 2 is 1.78 bits per heavy atom.